The number of rotatable bonds is 29. The number of aliphatic hydroxyl groups is 3. The van der Waals surface area contributed by atoms with Crippen LogP contribution in [0.1, 0.15) is 108 Å². The normalized spacial score (nSPS) is 17.8. The Kier molecular flexibility index (Phi) is 24.0. The fraction of sp³-hybridized carbons (Fsp3) is 0.492. The SMILES string of the molecule is CCCCCOc1ccc(-c2ccc(-c3ccc(C(=O)NCC(=O)NC(CC)C(=O)N4CCCC4C(=O)NC(CCc4ccc(O)cc4)C(=O)NC(CC)C(=O)N4C[C@H](C)CC4C(=O)NC(OC(CO)CO)[C@@H](C)O)cc3)cc2)cc1. The van der Waals surface area contributed by atoms with Crippen LogP contribution in [0, 0.1) is 5.92 Å². The van der Waals surface area contributed by atoms with Gasteiger partial charge in [0.15, 0.2) is 6.23 Å². The molecule has 438 valence electrons. The standard InChI is InChI=1S/C61H81N7O13/c1-6-9-10-32-80-47-28-24-44(25-29-47)42-18-16-41(17-19-42)43-20-22-45(23-21-43)55(74)62-34-54(73)63-49(7-2)60(78)67-31-11-12-52(67)57(76)65-51(30-15-40-13-26-46(72)27-14-40)56(75)64-50(8-3)61(79)68-35-38(4)33-53(68)58(77)66-59(39(5)71)81-48(36-69)37-70/h13-14,16-29,38-39,48-53,59,69-72H,6-12,15,30-37H2,1-5H3,(H,62,74)(H,63,73)(H,64,75)(H,65,76)(H,66,77)/t38-,39-,49?,50?,51?,52?,53?,59?/m1/s1. The Labute approximate surface area is 474 Å². The van der Waals surface area contributed by atoms with Crippen molar-refractivity contribution in [1.29, 1.82) is 0 Å². The van der Waals surface area contributed by atoms with Crippen molar-refractivity contribution in [3.63, 3.8) is 0 Å². The van der Waals surface area contributed by atoms with Crippen LogP contribution in [0.15, 0.2) is 97.1 Å². The summed E-state index contributed by atoms with van der Waals surface area (Å²) in [6.07, 6.45) is 1.30. The topological polar surface area (TPSA) is 286 Å². The Morgan fingerprint density at radius 1 is 0.679 bits per heavy atom. The number of hydrogen-bond donors (Lipinski definition) is 9. The number of benzene rings is 4. The van der Waals surface area contributed by atoms with Gasteiger partial charge in [0.25, 0.3) is 5.91 Å². The Hall–Kier alpha value is -7.39. The van der Waals surface area contributed by atoms with Crippen LogP contribution in [-0.4, -0.2) is 160 Å². The lowest BCUT2D eigenvalue weighted by molar-refractivity contribution is -0.149. The van der Waals surface area contributed by atoms with Gasteiger partial charge in [-0.05, 0) is 128 Å². The summed E-state index contributed by atoms with van der Waals surface area (Å²) in [4.78, 5) is 99.8. The molecule has 0 radical (unpaired) electrons. The quantitative estimate of drug-likeness (QED) is 0.0271. The molecule has 4 aromatic rings. The number of carbonyl (C=O) groups excluding carboxylic acids is 7. The Morgan fingerprint density at radius 2 is 1.25 bits per heavy atom. The third kappa shape index (κ3) is 17.8. The highest BCUT2D eigenvalue weighted by atomic mass is 16.5. The number of aliphatic hydroxyl groups excluding tert-OH is 3. The van der Waals surface area contributed by atoms with Gasteiger partial charge in [0.05, 0.1) is 32.5 Å². The molecule has 4 aromatic carbocycles. The minimum Gasteiger partial charge on any atom is -0.508 e. The number of ether oxygens (including phenoxy) is 2. The van der Waals surface area contributed by atoms with E-state index in [1.807, 2.05) is 67.6 Å². The maximum absolute atomic E-state index is 14.3. The molecule has 2 saturated heterocycles. The summed E-state index contributed by atoms with van der Waals surface area (Å²) in [7, 11) is 0. The molecule has 0 aromatic heterocycles. The van der Waals surface area contributed by atoms with E-state index in [0.29, 0.717) is 18.6 Å². The number of carbonyl (C=O) groups is 7. The number of aryl methyl sites for hydroxylation is 1. The molecule has 2 fully saturated rings. The first kappa shape index (κ1) is 62.8. The second-order valence-corrected chi connectivity index (χ2v) is 21.0. The van der Waals surface area contributed by atoms with Crippen molar-refractivity contribution < 1.29 is 63.5 Å². The molecule has 0 bridgehead atoms. The van der Waals surface area contributed by atoms with Gasteiger partial charge < -0.3 is 66.3 Å². The van der Waals surface area contributed by atoms with E-state index in [2.05, 4.69) is 33.5 Å². The Morgan fingerprint density at radius 3 is 1.83 bits per heavy atom. The van der Waals surface area contributed by atoms with Gasteiger partial charge in [-0.25, -0.2) is 0 Å². The molecular formula is C61H81N7O13. The first-order valence-corrected chi connectivity index (χ1v) is 28.3. The molecule has 6 rings (SSSR count). The van der Waals surface area contributed by atoms with E-state index in [4.69, 9.17) is 9.47 Å². The van der Waals surface area contributed by atoms with Crippen molar-refractivity contribution in [3.8, 4) is 33.8 Å². The zero-order chi connectivity index (χ0) is 58.6. The van der Waals surface area contributed by atoms with Crippen LogP contribution in [0.25, 0.3) is 22.3 Å². The number of phenolic OH excluding ortho intramolecular Hbond substituents is 1. The number of likely N-dealkylation sites (tertiary alicyclic amines) is 2. The number of amides is 7. The molecule has 20 heteroatoms. The van der Waals surface area contributed by atoms with E-state index in [-0.39, 0.29) is 63.3 Å². The summed E-state index contributed by atoms with van der Waals surface area (Å²) in [5.74, 6) is -3.32. The summed E-state index contributed by atoms with van der Waals surface area (Å²) >= 11 is 0. The van der Waals surface area contributed by atoms with Gasteiger partial charge in [-0.1, -0.05) is 101 Å². The second kappa shape index (κ2) is 31.0. The molecule has 0 spiro atoms. The smallest absolute Gasteiger partial charge is 0.251 e. The highest BCUT2D eigenvalue weighted by molar-refractivity contribution is 5.99. The predicted octanol–water partition coefficient (Wildman–Crippen LogP) is 4.35. The summed E-state index contributed by atoms with van der Waals surface area (Å²) in [6, 6.07) is 24.1. The lowest BCUT2D eigenvalue weighted by Gasteiger charge is -2.32. The van der Waals surface area contributed by atoms with Crippen molar-refractivity contribution in [2.75, 3.05) is 39.5 Å². The van der Waals surface area contributed by atoms with Gasteiger partial charge in [0.2, 0.25) is 35.4 Å². The molecule has 0 aliphatic carbocycles. The van der Waals surface area contributed by atoms with Crippen molar-refractivity contribution in [2.24, 2.45) is 5.92 Å². The maximum Gasteiger partial charge on any atom is 0.251 e. The van der Waals surface area contributed by atoms with E-state index >= 15 is 0 Å². The van der Waals surface area contributed by atoms with Crippen molar-refractivity contribution >= 4 is 41.4 Å². The van der Waals surface area contributed by atoms with Crippen LogP contribution in [0.3, 0.4) is 0 Å². The third-order valence-corrected chi connectivity index (χ3v) is 14.7. The predicted molar refractivity (Wildman–Crippen MR) is 304 cm³/mol. The molecule has 2 aliphatic rings. The van der Waals surface area contributed by atoms with Crippen molar-refractivity contribution in [1.82, 2.24) is 36.4 Å². The van der Waals surface area contributed by atoms with Crippen molar-refractivity contribution in [3.05, 3.63) is 108 Å². The Balaban J connectivity index is 1.04. The van der Waals surface area contributed by atoms with Crippen LogP contribution in [0.5, 0.6) is 11.5 Å². The van der Waals surface area contributed by atoms with Gasteiger partial charge >= 0.3 is 0 Å². The van der Waals surface area contributed by atoms with Crippen LogP contribution in [0.4, 0.5) is 0 Å². The molecule has 9 N–H and O–H groups in total. The van der Waals surface area contributed by atoms with E-state index in [1.54, 1.807) is 38.1 Å². The van der Waals surface area contributed by atoms with Crippen molar-refractivity contribution in [2.45, 2.75) is 147 Å². The molecule has 6 unspecified atom stereocenters. The van der Waals surface area contributed by atoms with Gasteiger partial charge in [0, 0.05) is 18.7 Å². The fourth-order valence-electron chi connectivity index (χ4n) is 10.0. The molecule has 2 aliphatic heterocycles. The Bertz CT molecular complexity index is 2700. The average molecular weight is 1120 g/mol. The molecular weight excluding hydrogens is 1040 g/mol. The molecule has 20 nitrogen and oxygen atoms in total. The van der Waals surface area contributed by atoms with Crippen LogP contribution in [-0.2, 0) is 39.9 Å². The first-order chi connectivity index (χ1) is 39.0. The average Bonchev–Trinajstić information content (AvgIpc) is 4.36. The monoisotopic (exact) mass is 1120 g/mol. The number of nitrogens with zero attached hydrogens (tertiary/aromatic N) is 2. The zero-order valence-corrected chi connectivity index (χ0v) is 47.1. The number of phenols is 1. The number of nitrogens with one attached hydrogen (secondary N) is 5. The third-order valence-electron chi connectivity index (χ3n) is 14.7. The lowest BCUT2D eigenvalue weighted by Crippen LogP contribution is -2.59. The highest BCUT2D eigenvalue weighted by Gasteiger charge is 2.43. The second-order valence-electron chi connectivity index (χ2n) is 21.0. The number of aromatic hydroxyl groups is 1. The van der Waals surface area contributed by atoms with Gasteiger partial charge in [-0.15, -0.1) is 0 Å². The summed E-state index contributed by atoms with van der Waals surface area (Å²) in [5.41, 5.74) is 5.07. The summed E-state index contributed by atoms with van der Waals surface area (Å²) in [6.45, 7) is 8.31. The van der Waals surface area contributed by atoms with Gasteiger partial charge in [0.1, 0.15) is 47.8 Å². The molecule has 81 heavy (non-hydrogen) atoms. The largest absolute Gasteiger partial charge is 0.508 e. The number of unbranched alkanes of at least 4 members (excludes halogenated alkanes) is 2. The zero-order valence-electron chi connectivity index (χ0n) is 47.1. The maximum atomic E-state index is 14.3. The molecule has 8 atom stereocenters. The minimum absolute atomic E-state index is 0.0432. The van der Waals surface area contributed by atoms with E-state index in [9.17, 15) is 54.0 Å². The fourth-order valence-corrected chi connectivity index (χ4v) is 10.0. The first-order valence-electron chi connectivity index (χ1n) is 28.3. The van der Waals surface area contributed by atoms with E-state index in [0.717, 1.165) is 52.8 Å². The van der Waals surface area contributed by atoms with Gasteiger partial charge in [-0.2, -0.15) is 0 Å². The summed E-state index contributed by atoms with van der Waals surface area (Å²) in [5, 5.41) is 52.8. The molecule has 7 amide bonds. The van der Waals surface area contributed by atoms with Gasteiger partial charge in [-0.3, -0.25) is 33.6 Å². The van der Waals surface area contributed by atoms with Crippen LogP contribution < -0.4 is 31.3 Å². The van der Waals surface area contributed by atoms with Crippen LogP contribution >= 0.6 is 0 Å². The molecule has 0 saturated carbocycles. The minimum atomic E-state index is -1.31. The highest BCUT2D eigenvalue weighted by Crippen LogP contribution is 2.28. The van der Waals surface area contributed by atoms with E-state index in [1.165, 1.54) is 28.9 Å². The molecule has 2 heterocycles. The summed E-state index contributed by atoms with van der Waals surface area (Å²) < 4.78 is 11.4. The number of hydrogen-bond acceptors (Lipinski definition) is 13. The lowest BCUT2D eigenvalue weighted by atomic mass is 9.99. The van der Waals surface area contributed by atoms with Crippen LogP contribution in [0.2, 0.25) is 0 Å². The van der Waals surface area contributed by atoms with E-state index < -0.39 is 110 Å².